The lowest BCUT2D eigenvalue weighted by atomic mass is 9.89. The highest BCUT2D eigenvalue weighted by atomic mass is 16.5. The highest BCUT2D eigenvalue weighted by molar-refractivity contribution is 5.88. The lowest BCUT2D eigenvalue weighted by molar-refractivity contribution is -0.131. The lowest BCUT2D eigenvalue weighted by Crippen LogP contribution is -2.58. The van der Waals surface area contributed by atoms with Gasteiger partial charge in [0.05, 0.1) is 31.5 Å². The Morgan fingerprint density at radius 3 is 2.36 bits per heavy atom. The molecule has 5 amide bonds. The number of urea groups is 1. The number of benzene rings is 1. The number of ether oxygens (including phenoxy) is 1. The second kappa shape index (κ2) is 19.7. The van der Waals surface area contributed by atoms with Crippen molar-refractivity contribution in [1.29, 1.82) is 0 Å². The van der Waals surface area contributed by atoms with Gasteiger partial charge >= 0.3 is 12.1 Å². The quantitative estimate of drug-likeness (QED) is 0.152. The van der Waals surface area contributed by atoms with Crippen molar-refractivity contribution in [3.8, 4) is 0 Å². The maximum absolute atomic E-state index is 14.3. The number of nitrogens with zero attached hydrogens (tertiary/aromatic N) is 4. The molecule has 4 N–H and O–H groups in total. The molecule has 4 atom stereocenters. The van der Waals surface area contributed by atoms with Crippen LogP contribution in [0.15, 0.2) is 48.5 Å². The molecule has 13 nitrogen and oxygen atoms in total. The van der Waals surface area contributed by atoms with Gasteiger partial charge in [-0.3, -0.25) is 20.0 Å². The van der Waals surface area contributed by atoms with Crippen LogP contribution in [0, 0.1) is 23.7 Å². The molecule has 1 fully saturated rings. The van der Waals surface area contributed by atoms with Gasteiger partial charge in [-0.05, 0) is 54.2 Å². The van der Waals surface area contributed by atoms with E-state index in [1.54, 1.807) is 14.8 Å². The van der Waals surface area contributed by atoms with Crippen LogP contribution in [0.5, 0.6) is 0 Å². The first-order valence-corrected chi connectivity index (χ1v) is 18.8. The van der Waals surface area contributed by atoms with E-state index in [-0.39, 0.29) is 48.7 Å². The zero-order valence-electron chi connectivity index (χ0n) is 33.3. The zero-order chi connectivity index (χ0) is 39.3. The van der Waals surface area contributed by atoms with Gasteiger partial charge in [0.1, 0.15) is 6.04 Å². The van der Waals surface area contributed by atoms with Crippen LogP contribution in [0.2, 0.25) is 0 Å². The molecule has 53 heavy (non-hydrogen) atoms. The second-order valence-electron chi connectivity index (χ2n) is 16.3. The highest BCUT2D eigenvalue weighted by Gasteiger charge is 2.41. The molecule has 0 spiro atoms. The second-order valence-corrected chi connectivity index (χ2v) is 16.3. The SMILES string of the molecule is CCC(C)C(C(=O)NC(Cc1ccccc1)C(O)CN(CCC(C)(C)C)NC(=O)CC(C)(C)CNC(=O)OC)N1CCN(Cc2cccc(C)n2)C1=O. The van der Waals surface area contributed by atoms with Crippen molar-refractivity contribution < 1.29 is 29.0 Å². The molecule has 0 aliphatic carbocycles. The van der Waals surface area contributed by atoms with E-state index in [9.17, 15) is 24.3 Å². The summed E-state index contributed by atoms with van der Waals surface area (Å²) in [7, 11) is 1.29. The van der Waals surface area contributed by atoms with Crippen molar-refractivity contribution in [2.75, 3.05) is 39.8 Å². The minimum absolute atomic E-state index is 0.0500. The van der Waals surface area contributed by atoms with Gasteiger partial charge in [0.25, 0.3) is 0 Å². The number of hydrogen-bond acceptors (Lipinski definition) is 8. The fourth-order valence-electron chi connectivity index (χ4n) is 6.35. The average molecular weight is 738 g/mol. The molecule has 2 aromatic rings. The van der Waals surface area contributed by atoms with E-state index in [2.05, 4.69) is 46.6 Å². The van der Waals surface area contributed by atoms with E-state index < -0.39 is 29.7 Å². The molecule has 1 aromatic carbocycles. The summed E-state index contributed by atoms with van der Waals surface area (Å²) in [6.07, 6.45) is 0.204. The fraction of sp³-hybridized carbons (Fsp3) is 0.625. The Balaban J connectivity index is 1.82. The van der Waals surface area contributed by atoms with Crippen LogP contribution in [-0.2, 0) is 27.3 Å². The summed E-state index contributed by atoms with van der Waals surface area (Å²) in [5.41, 5.74) is 4.97. The van der Waals surface area contributed by atoms with Gasteiger partial charge in [-0.1, -0.05) is 91.3 Å². The third-order valence-electron chi connectivity index (χ3n) is 9.66. The Labute approximate surface area is 316 Å². The van der Waals surface area contributed by atoms with E-state index in [1.165, 1.54) is 7.11 Å². The van der Waals surface area contributed by atoms with Crippen LogP contribution in [0.25, 0.3) is 0 Å². The summed E-state index contributed by atoms with van der Waals surface area (Å²) in [6.45, 7) is 17.9. The van der Waals surface area contributed by atoms with Gasteiger partial charge in [0.2, 0.25) is 11.8 Å². The molecule has 1 aliphatic rings. The molecule has 3 rings (SSSR count). The van der Waals surface area contributed by atoms with Crippen molar-refractivity contribution in [2.24, 2.45) is 16.7 Å². The molecule has 0 bridgehead atoms. The minimum atomic E-state index is -1.08. The number of pyridine rings is 1. The maximum Gasteiger partial charge on any atom is 0.406 e. The van der Waals surface area contributed by atoms with Crippen LogP contribution in [-0.4, -0.2) is 107 Å². The number of hydrazine groups is 1. The number of aliphatic hydroxyl groups is 1. The van der Waals surface area contributed by atoms with Crippen molar-refractivity contribution in [2.45, 2.75) is 106 Å². The summed E-state index contributed by atoms with van der Waals surface area (Å²) in [5, 5.41) is 19.4. The van der Waals surface area contributed by atoms with E-state index in [0.717, 1.165) is 23.4 Å². The van der Waals surface area contributed by atoms with Crippen LogP contribution in [0.1, 0.15) is 84.7 Å². The van der Waals surface area contributed by atoms with Crippen LogP contribution in [0.4, 0.5) is 9.59 Å². The van der Waals surface area contributed by atoms with Gasteiger partial charge in [-0.25, -0.2) is 14.6 Å². The van der Waals surface area contributed by atoms with Gasteiger partial charge in [0, 0.05) is 44.8 Å². The predicted octanol–water partition coefficient (Wildman–Crippen LogP) is 4.67. The normalized spacial score (nSPS) is 15.9. The van der Waals surface area contributed by atoms with Crippen molar-refractivity contribution >= 4 is 23.9 Å². The monoisotopic (exact) mass is 737 g/mol. The molecular formula is C40H63N7O6. The van der Waals surface area contributed by atoms with E-state index in [0.29, 0.717) is 39.0 Å². The number of carbonyl (C=O) groups excluding carboxylic acids is 4. The topological polar surface area (TPSA) is 156 Å². The van der Waals surface area contributed by atoms with Gasteiger partial charge in [0.15, 0.2) is 0 Å². The maximum atomic E-state index is 14.3. The van der Waals surface area contributed by atoms with Crippen LogP contribution < -0.4 is 16.1 Å². The number of rotatable bonds is 19. The lowest BCUT2D eigenvalue weighted by Gasteiger charge is -2.35. The molecule has 1 saturated heterocycles. The number of methoxy groups -OCH3 is 1. The molecule has 0 saturated carbocycles. The summed E-state index contributed by atoms with van der Waals surface area (Å²) in [6, 6.07) is 13.7. The first kappa shape index (κ1) is 43.2. The van der Waals surface area contributed by atoms with Gasteiger partial charge in [-0.2, -0.15) is 0 Å². The van der Waals surface area contributed by atoms with Crippen molar-refractivity contribution in [3.63, 3.8) is 0 Å². The minimum Gasteiger partial charge on any atom is -0.453 e. The molecule has 13 heteroatoms. The molecule has 294 valence electrons. The van der Waals surface area contributed by atoms with E-state index in [4.69, 9.17) is 0 Å². The molecular weight excluding hydrogens is 674 g/mol. The largest absolute Gasteiger partial charge is 0.453 e. The number of carbonyl (C=O) groups is 4. The number of alkyl carbamates (subject to hydrolysis) is 1. The number of amides is 5. The molecule has 1 aromatic heterocycles. The number of aromatic nitrogens is 1. The number of nitrogens with one attached hydrogen (secondary N) is 3. The number of hydrogen-bond donors (Lipinski definition) is 4. The number of aliphatic hydroxyl groups excluding tert-OH is 1. The average Bonchev–Trinajstić information content (AvgIpc) is 3.44. The smallest absolute Gasteiger partial charge is 0.406 e. The first-order valence-electron chi connectivity index (χ1n) is 18.8. The standard InChI is InChI=1S/C40H63N7O6/c1-10-28(2)35(47-22-21-45(38(47)52)25-31-18-14-15-29(3)42-31)36(50)43-32(23-30-16-12-11-13-17-30)33(48)26-46(20-19-39(4,5)6)44-34(49)24-40(7,8)27-41-37(51)53-9/h11-18,28,32-33,35,48H,10,19-27H2,1-9H3,(H,41,51)(H,43,50)(H,44,49). The Hall–Kier alpha value is -4.23. The third-order valence-corrected chi connectivity index (χ3v) is 9.66. The van der Waals surface area contributed by atoms with E-state index >= 15 is 0 Å². The van der Waals surface area contributed by atoms with Gasteiger partial charge < -0.3 is 30.3 Å². The Morgan fingerprint density at radius 2 is 1.74 bits per heavy atom. The molecule has 0 radical (unpaired) electrons. The van der Waals surface area contributed by atoms with Crippen LogP contribution in [0.3, 0.4) is 0 Å². The Bertz CT molecular complexity index is 1500. The summed E-state index contributed by atoms with van der Waals surface area (Å²) in [4.78, 5) is 61.1. The molecule has 2 heterocycles. The highest BCUT2D eigenvalue weighted by Crippen LogP contribution is 2.24. The first-order chi connectivity index (χ1) is 24.9. The summed E-state index contributed by atoms with van der Waals surface area (Å²) < 4.78 is 4.67. The van der Waals surface area contributed by atoms with Crippen molar-refractivity contribution in [3.05, 3.63) is 65.5 Å². The fourth-order valence-corrected chi connectivity index (χ4v) is 6.35. The number of aryl methyl sites for hydroxylation is 1. The Kier molecular flexibility index (Phi) is 16.1. The molecule has 4 unspecified atom stereocenters. The molecule has 1 aliphatic heterocycles. The van der Waals surface area contributed by atoms with Crippen molar-refractivity contribution in [1.82, 2.24) is 35.9 Å². The zero-order valence-corrected chi connectivity index (χ0v) is 33.3. The van der Waals surface area contributed by atoms with E-state index in [1.807, 2.05) is 83.1 Å². The Morgan fingerprint density at radius 1 is 1.04 bits per heavy atom. The third kappa shape index (κ3) is 14.3. The van der Waals surface area contributed by atoms with Gasteiger partial charge in [-0.15, -0.1) is 0 Å². The summed E-state index contributed by atoms with van der Waals surface area (Å²) in [5.74, 6) is -0.736. The summed E-state index contributed by atoms with van der Waals surface area (Å²) >= 11 is 0. The van der Waals surface area contributed by atoms with Crippen LogP contribution >= 0.6 is 0 Å². The predicted molar refractivity (Wildman–Crippen MR) is 205 cm³/mol.